The molecule has 0 bridgehead atoms. The molecule has 0 unspecified atom stereocenters. The molecule has 0 atom stereocenters. The first-order valence-electron chi connectivity index (χ1n) is 6.47. The van der Waals surface area contributed by atoms with E-state index in [4.69, 9.17) is 16.0 Å². The van der Waals surface area contributed by atoms with Crippen molar-refractivity contribution < 1.29 is 9.47 Å². The summed E-state index contributed by atoms with van der Waals surface area (Å²) in [5, 5.41) is 0. The van der Waals surface area contributed by atoms with Crippen molar-refractivity contribution in [1.29, 1.82) is 0 Å². The molecule has 0 spiro atoms. The third kappa shape index (κ3) is 3.10. The molecule has 3 nitrogen and oxygen atoms in total. The highest BCUT2D eigenvalue weighted by Gasteiger charge is 2.08. The van der Waals surface area contributed by atoms with Crippen LogP contribution in [0.4, 0.5) is 5.69 Å². The van der Waals surface area contributed by atoms with Crippen molar-refractivity contribution in [1.82, 2.24) is 0 Å². The van der Waals surface area contributed by atoms with Gasteiger partial charge < -0.3 is 9.47 Å². The van der Waals surface area contributed by atoms with E-state index in [0.717, 1.165) is 11.3 Å². The summed E-state index contributed by atoms with van der Waals surface area (Å²) in [6.45, 7) is 11.5. The van der Waals surface area contributed by atoms with Gasteiger partial charge in [-0.15, -0.1) is 0 Å². The van der Waals surface area contributed by atoms with Gasteiger partial charge in [-0.25, -0.2) is 4.85 Å². The largest absolute Gasteiger partial charge is 0.497 e. The number of rotatable bonds is 4. The molecule has 0 heterocycles. The van der Waals surface area contributed by atoms with Gasteiger partial charge in [0.25, 0.3) is 0 Å². The molecular formula is C17H17NO2. The summed E-state index contributed by atoms with van der Waals surface area (Å²) in [6, 6.07) is 13.0. The van der Waals surface area contributed by atoms with Crippen LogP contribution in [0.5, 0.6) is 17.2 Å². The minimum absolute atomic E-state index is 0.394. The van der Waals surface area contributed by atoms with Crippen molar-refractivity contribution >= 4 is 5.69 Å². The second kappa shape index (κ2) is 6.12. The standard InChI is InChI=1S/C17H17NO2/c1-12(2)13-5-10-17(16(11-13)18-3)20-15-8-6-14(19-4)7-9-15/h5-12H,1-2,4H3. The number of benzene rings is 2. The van der Waals surface area contributed by atoms with Gasteiger partial charge in [-0.05, 0) is 42.3 Å². The van der Waals surface area contributed by atoms with Gasteiger partial charge in [-0.1, -0.05) is 25.5 Å². The summed E-state index contributed by atoms with van der Waals surface area (Å²) in [5.41, 5.74) is 1.67. The van der Waals surface area contributed by atoms with Gasteiger partial charge >= 0.3 is 0 Å². The highest BCUT2D eigenvalue weighted by atomic mass is 16.5. The maximum absolute atomic E-state index is 7.28. The van der Waals surface area contributed by atoms with Crippen LogP contribution >= 0.6 is 0 Å². The number of nitrogens with zero attached hydrogens (tertiary/aromatic N) is 1. The molecule has 0 radical (unpaired) electrons. The third-order valence-electron chi connectivity index (χ3n) is 3.06. The molecule has 3 heteroatoms. The number of methoxy groups -OCH3 is 1. The lowest BCUT2D eigenvalue weighted by Crippen LogP contribution is -1.89. The molecule has 0 aromatic heterocycles. The van der Waals surface area contributed by atoms with Crippen LogP contribution in [0.1, 0.15) is 25.3 Å². The number of hydrogen-bond acceptors (Lipinski definition) is 2. The Hall–Kier alpha value is -2.47. The molecule has 0 amide bonds. The summed E-state index contributed by atoms with van der Waals surface area (Å²) in [4.78, 5) is 3.54. The van der Waals surface area contributed by atoms with E-state index in [1.807, 2.05) is 42.5 Å². The van der Waals surface area contributed by atoms with Gasteiger partial charge in [-0.2, -0.15) is 0 Å². The Bertz CT molecular complexity index is 624. The van der Waals surface area contributed by atoms with E-state index in [2.05, 4.69) is 18.7 Å². The van der Waals surface area contributed by atoms with E-state index < -0.39 is 0 Å². The van der Waals surface area contributed by atoms with Gasteiger partial charge in [0.05, 0.1) is 13.7 Å². The maximum Gasteiger partial charge on any atom is 0.229 e. The first-order chi connectivity index (χ1) is 9.63. The van der Waals surface area contributed by atoms with Crippen molar-refractivity contribution in [2.75, 3.05) is 7.11 Å². The summed E-state index contributed by atoms with van der Waals surface area (Å²) in [5.74, 6) is 2.44. The zero-order valence-electron chi connectivity index (χ0n) is 11.9. The average Bonchev–Trinajstić information content (AvgIpc) is 2.48. The zero-order valence-corrected chi connectivity index (χ0v) is 11.9. The van der Waals surface area contributed by atoms with E-state index in [0.29, 0.717) is 23.1 Å². The normalized spacial score (nSPS) is 10.2. The van der Waals surface area contributed by atoms with Crippen molar-refractivity contribution in [2.24, 2.45) is 0 Å². The van der Waals surface area contributed by atoms with Crippen LogP contribution < -0.4 is 9.47 Å². The van der Waals surface area contributed by atoms with Crippen LogP contribution in [0, 0.1) is 6.57 Å². The van der Waals surface area contributed by atoms with Crippen LogP contribution in [0.3, 0.4) is 0 Å². The number of hydrogen-bond donors (Lipinski definition) is 0. The molecule has 0 aliphatic carbocycles. The van der Waals surface area contributed by atoms with Gasteiger partial charge in [0.2, 0.25) is 5.69 Å². The lowest BCUT2D eigenvalue weighted by molar-refractivity contribution is 0.413. The molecule has 102 valence electrons. The van der Waals surface area contributed by atoms with Crippen molar-refractivity contribution in [3.8, 4) is 17.2 Å². The first kappa shape index (κ1) is 14.0. The molecule has 2 aromatic rings. The smallest absolute Gasteiger partial charge is 0.229 e. The van der Waals surface area contributed by atoms with Crippen LogP contribution in [-0.2, 0) is 0 Å². The van der Waals surface area contributed by atoms with Gasteiger partial charge in [-0.3, -0.25) is 0 Å². The third-order valence-corrected chi connectivity index (χ3v) is 3.06. The molecule has 0 aliphatic heterocycles. The summed E-state index contributed by atoms with van der Waals surface area (Å²) in [7, 11) is 1.62. The Balaban J connectivity index is 2.26. The SMILES string of the molecule is [C-]#[N+]c1cc(C(C)C)ccc1Oc1ccc(OC)cc1. The monoisotopic (exact) mass is 267 g/mol. The average molecular weight is 267 g/mol. The molecule has 2 rings (SSSR count). The Morgan fingerprint density at radius 2 is 1.65 bits per heavy atom. The molecule has 0 saturated heterocycles. The number of ether oxygens (including phenoxy) is 2. The van der Waals surface area contributed by atoms with E-state index >= 15 is 0 Å². The Morgan fingerprint density at radius 3 is 2.20 bits per heavy atom. The predicted octanol–water partition coefficient (Wildman–Crippen LogP) is 5.16. The molecule has 0 aliphatic rings. The van der Waals surface area contributed by atoms with E-state index in [1.54, 1.807) is 7.11 Å². The predicted molar refractivity (Wildman–Crippen MR) is 79.9 cm³/mol. The Labute approximate surface area is 119 Å². The molecule has 2 aromatic carbocycles. The summed E-state index contributed by atoms with van der Waals surface area (Å²) >= 11 is 0. The minimum Gasteiger partial charge on any atom is -0.497 e. The zero-order chi connectivity index (χ0) is 14.5. The molecule has 0 saturated carbocycles. The van der Waals surface area contributed by atoms with E-state index in [1.165, 1.54) is 0 Å². The van der Waals surface area contributed by atoms with Crippen LogP contribution in [-0.4, -0.2) is 7.11 Å². The molecular weight excluding hydrogens is 250 g/mol. The Morgan fingerprint density at radius 1 is 1.00 bits per heavy atom. The topological polar surface area (TPSA) is 22.8 Å². The highest BCUT2D eigenvalue weighted by molar-refractivity contribution is 5.60. The van der Waals surface area contributed by atoms with Crippen LogP contribution in [0.2, 0.25) is 0 Å². The summed E-state index contributed by atoms with van der Waals surface area (Å²) in [6.07, 6.45) is 0. The molecule has 0 N–H and O–H groups in total. The second-order valence-electron chi connectivity index (χ2n) is 4.77. The minimum atomic E-state index is 0.394. The lowest BCUT2D eigenvalue weighted by Gasteiger charge is -2.11. The van der Waals surface area contributed by atoms with Crippen LogP contribution in [0.25, 0.3) is 4.85 Å². The van der Waals surface area contributed by atoms with E-state index in [-0.39, 0.29) is 0 Å². The fourth-order valence-electron chi connectivity index (χ4n) is 1.84. The highest BCUT2D eigenvalue weighted by Crippen LogP contribution is 2.34. The van der Waals surface area contributed by atoms with Gasteiger partial charge in [0.15, 0.2) is 0 Å². The fraction of sp³-hybridized carbons (Fsp3) is 0.235. The quantitative estimate of drug-likeness (QED) is 0.714. The lowest BCUT2D eigenvalue weighted by atomic mass is 10.0. The van der Waals surface area contributed by atoms with Crippen LogP contribution in [0.15, 0.2) is 42.5 Å². The van der Waals surface area contributed by atoms with Crippen molar-refractivity contribution in [3.63, 3.8) is 0 Å². The van der Waals surface area contributed by atoms with Gasteiger partial charge in [0.1, 0.15) is 17.2 Å². The van der Waals surface area contributed by atoms with Gasteiger partial charge in [0, 0.05) is 0 Å². The Kier molecular flexibility index (Phi) is 4.27. The summed E-state index contributed by atoms with van der Waals surface area (Å²) < 4.78 is 10.9. The second-order valence-corrected chi connectivity index (χ2v) is 4.77. The molecule has 0 fully saturated rings. The maximum atomic E-state index is 7.28. The fourth-order valence-corrected chi connectivity index (χ4v) is 1.84. The van der Waals surface area contributed by atoms with Crippen molar-refractivity contribution in [3.05, 3.63) is 59.4 Å². The first-order valence-corrected chi connectivity index (χ1v) is 6.47. The van der Waals surface area contributed by atoms with E-state index in [9.17, 15) is 0 Å². The van der Waals surface area contributed by atoms with Crippen molar-refractivity contribution in [2.45, 2.75) is 19.8 Å². The molecule has 20 heavy (non-hydrogen) atoms.